The molecule has 2 aromatic carbocycles. The van der Waals surface area contributed by atoms with E-state index in [4.69, 9.17) is 9.47 Å². The molecular formula is C17H18FNO3. The summed E-state index contributed by atoms with van der Waals surface area (Å²) in [6, 6.07) is 11.2. The van der Waals surface area contributed by atoms with E-state index < -0.39 is 11.9 Å². The van der Waals surface area contributed by atoms with Gasteiger partial charge in [0.05, 0.1) is 12.8 Å². The van der Waals surface area contributed by atoms with Crippen molar-refractivity contribution in [3.63, 3.8) is 0 Å². The van der Waals surface area contributed by atoms with E-state index in [1.807, 2.05) is 19.1 Å². The van der Waals surface area contributed by atoms with E-state index in [-0.39, 0.29) is 5.91 Å². The summed E-state index contributed by atoms with van der Waals surface area (Å²) in [5.74, 6) is 0.120. The summed E-state index contributed by atoms with van der Waals surface area (Å²) in [5, 5.41) is 2.75. The van der Waals surface area contributed by atoms with Crippen molar-refractivity contribution in [1.29, 1.82) is 0 Å². The lowest BCUT2D eigenvalue weighted by atomic mass is 10.2. The van der Waals surface area contributed by atoms with Gasteiger partial charge in [-0.1, -0.05) is 12.1 Å². The van der Waals surface area contributed by atoms with Crippen LogP contribution in [-0.4, -0.2) is 19.1 Å². The van der Waals surface area contributed by atoms with Crippen LogP contribution in [0.3, 0.4) is 0 Å². The van der Waals surface area contributed by atoms with E-state index in [0.29, 0.717) is 17.2 Å². The van der Waals surface area contributed by atoms with E-state index in [1.165, 1.54) is 25.3 Å². The maximum Gasteiger partial charge on any atom is 0.265 e. The molecular weight excluding hydrogens is 285 g/mol. The third-order valence-corrected chi connectivity index (χ3v) is 3.09. The largest absolute Gasteiger partial charge is 0.495 e. The lowest BCUT2D eigenvalue weighted by Crippen LogP contribution is -2.30. The molecule has 0 aromatic heterocycles. The Morgan fingerprint density at radius 1 is 1.23 bits per heavy atom. The van der Waals surface area contributed by atoms with Gasteiger partial charge >= 0.3 is 0 Å². The van der Waals surface area contributed by atoms with Gasteiger partial charge < -0.3 is 14.8 Å². The molecule has 0 aliphatic rings. The van der Waals surface area contributed by atoms with Gasteiger partial charge in [-0.3, -0.25) is 4.79 Å². The second-order valence-electron chi connectivity index (χ2n) is 4.91. The normalized spacial score (nSPS) is 11.6. The molecule has 0 heterocycles. The molecule has 0 bridgehead atoms. The van der Waals surface area contributed by atoms with E-state index in [2.05, 4.69) is 5.32 Å². The Balaban J connectivity index is 2.07. The number of hydrogen-bond donors (Lipinski definition) is 1. The lowest BCUT2D eigenvalue weighted by molar-refractivity contribution is -0.122. The average molecular weight is 303 g/mol. The van der Waals surface area contributed by atoms with E-state index in [1.54, 1.807) is 19.1 Å². The van der Waals surface area contributed by atoms with Crippen LogP contribution >= 0.6 is 0 Å². The Morgan fingerprint density at radius 2 is 2.00 bits per heavy atom. The van der Waals surface area contributed by atoms with Gasteiger partial charge in [0.2, 0.25) is 0 Å². The molecule has 0 fully saturated rings. The lowest BCUT2D eigenvalue weighted by Gasteiger charge is -2.16. The molecule has 5 heteroatoms. The van der Waals surface area contributed by atoms with Crippen LogP contribution < -0.4 is 14.8 Å². The number of carbonyl (C=O) groups excluding carboxylic acids is 1. The number of rotatable bonds is 5. The molecule has 1 atom stereocenters. The Labute approximate surface area is 128 Å². The van der Waals surface area contributed by atoms with Crippen LogP contribution in [0, 0.1) is 12.7 Å². The molecule has 1 unspecified atom stereocenters. The van der Waals surface area contributed by atoms with Crippen molar-refractivity contribution in [3.8, 4) is 11.5 Å². The smallest absolute Gasteiger partial charge is 0.265 e. The van der Waals surface area contributed by atoms with E-state index in [0.717, 1.165) is 5.56 Å². The number of methoxy groups -OCH3 is 1. The maximum atomic E-state index is 13.1. The van der Waals surface area contributed by atoms with Gasteiger partial charge in [-0.2, -0.15) is 0 Å². The Kier molecular flexibility index (Phi) is 4.99. The minimum Gasteiger partial charge on any atom is -0.495 e. The molecule has 22 heavy (non-hydrogen) atoms. The van der Waals surface area contributed by atoms with Gasteiger partial charge in [-0.25, -0.2) is 4.39 Å². The number of nitrogens with one attached hydrogen (secondary N) is 1. The molecule has 4 nitrogen and oxygen atoms in total. The first-order valence-corrected chi connectivity index (χ1v) is 6.87. The number of benzene rings is 2. The van der Waals surface area contributed by atoms with Gasteiger partial charge in [0, 0.05) is 6.07 Å². The Bertz CT molecular complexity index is 673. The molecule has 0 aliphatic carbocycles. The zero-order valence-electron chi connectivity index (χ0n) is 12.7. The van der Waals surface area contributed by atoms with Crippen LogP contribution in [0.1, 0.15) is 12.5 Å². The summed E-state index contributed by atoms with van der Waals surface area (Å²) in [7, 11) is 1.53. The highest BCUT2D eigenvalue weighted by Crippen LogP contribution is 2.25. The van der Waals surface area contributed by atoms with Gasteiger partial charge in [0.1, 0.15) is 17.3 Å². The first-order chi connectivity index (χ1) is 10.5. The number of aryl methyl sites for hydroxylation is 1. The number of ether oxygens (including phenoxy) is 2. The molecule has 1 amide bonds. The first kappa shape index (κ1) is 15.8. The first-order valence-electron chi connectivity index (χ1n) is 6.87. The third kappa shape index (κ3) is 3.97. The van der Waals surface area contributed by atoms with Crippen LogP contribution in [-0.2, 0) is 4.79 Å². The Morgan fingerprint density at radius 3 is 2.68 bits per heavy atom. The van der Waals surface area contributed by atoms with Crippen molar-refractivity contribution in [2.75, 3.05) is 12.4 Å². The van der Waals surface area contributed by atoms with Crippen molar-refractivity contribution in [2.24, 2.45) is 0 Å². The molecule has 2 rings (SSSR count). The number of hydrogen-bond acceptors (Lipinski definition) is 3. The van der Waals surface area contributed by atoms with Gasteiger partial charge in [0.25, 0.3) is 5.91 Å². The summed E-state index contributed by atoms with van der Waals surface area (Å²) in [5.41, 5.74) is 1.57. The summed E-state index contributed by atoms with van der Waals surface area (Å²) >= 11 is 0. The molecule has 0 saturated heterocycles. The second-order valence-corrected chi connectivity index (χ2v) is 4.91. The van der Waals surface area contributed by atoms with Crippen molar-refractivity contribution in [3.05, 3.63) is 53.8 Å². The fourth-order valence-corrected chi connectivity index (χ4v) is 1.95. The zero-order chi connectivity index (χ0) is 16.1. The predicted molar refractivity (Wildman–Crippen MR) is 82.9 cm³/mol. The number of anilines is 1. The van der Waals surface area contributed by atoms with Gasteiger partial charge in [-0.05, 0) is 43.7 Å². The standard InChI is InChI=1S/C17H18FNO3/c1-11-7-8-16(21-3)15(9-11)19-17(20)12(2)22-14-6-4-5-13(18)10-14/h4-10,12H,1-3H3,(H,19,20). The third-order valence-electron chi connectivity index (χ3n) is 3.09. The molecule has 116 valence electrons. The molecule has 0 spiro atoms. The highest BCUT2D eigenvalue weighted by molar-refractivity contribution is 5.95. The van der Waals surface area contributed by atoms with Crippen molar-refractivity contribution < 1.29 is 18.7 Å². The zero-order valence-corrected chi connectivity index (χ0v) is 12.7. The Hall–Kier alpha value is -2.56. The van der Waals surface area contributed by atoms with Gasteiger partial charge in [-0.15, -0.1) is 0 Å². The summed E-state index contributed by atoms with van der Waals surface area (Å²) in [6.07, 6.45) is -0.771. The summed E-state index contributed by atoms with van der Waals surface area (Å²) < 4.78 is 23.8. The van der Waals surface area contributed by atoms with Crippen molar-refractivity contribution >= 4 is 11.6 Å². The topological polar surface area (TPSA) is 47.6 Å². The fraction of sp³-hybridized carbons (Fsp3) is 0.235. The number of carbonyl (C=O) groups is 1. The van der Waals surface area contributed by atoms with Crippen molar-refractivity contribution in [2.45, 2.75) is 20.0 Å². The minimum atomic E-state index is -0.771. The molecule has 0 aliphatic heterocycles. The average Bonchev–Trinajstić information content (AvgIpc) is 2.47. The maximum absolute atomic E-state index is 13.1. The minimum absolute atomic E-state index is 0.304. The van der Waals surface area contributed by atoms with E-state index >= 15 is 0 Å². The molecule has 1 N–H and O–H groups in total. The number of amides is 1. The quantitative estimate of drug-likeness (QED) is 0.919. The highest BCUT2D eigenvalue weighted by atomic mass is 19.1. The van der Waals surface area contributed by atoms with Crippen molar-refractivity contribution in [1.82, 2.24) is 0 Å². The van der Waals surface area contributed by atoms with Crippen LogP contribution in [0.2, 0.25) is 0 Å². The molecule has 0 radical (unpaired) electrons. The SMILES string of the molecule is COc1ccc(C)cc1NC(=O)C(C)Oc1cccc(F)c1. The second kappa shape index (κ2) is 6.93. The summed E-state index contributed by atoms with van der Waals surface area (Å²) in [4.78, 5) is 12.2. The van der Waals surface area contributed by atoms with Gasteiger partial charge in [0.15, 0.2) is 6.10 Å². The predicted octanol–water partition coefficient (Wildman–Crippen LogP) is 3.55. The van der Waals surface area contributed by atoms with Crippen LogP contribution in [0.4, 0.5) is 10.1 Å². The van der Waals surface area contributed by atoms with Crippen LogP contribution in [0.5, 0.6) is 11.5 Å². The highest BCUT2D eigenvalue weighted by Gasteiger charge is 2.17. The summed E-state index contributed by atoms with van der Waals surface area (Å²) in [6.45, 7) is 3.52. The number of halogens is 1. The monoisotopic (exact) mass is 303 g/mol. The van der Waals surface area contributed by atoms with E-state index in [9.17, 15) is 9.18 Å². The van der Waals surface area contributed by atoms with Crippen LogP contribution in [0.15, 0.2) is 42.5 Å². The molecule has 2 aromatic rings. The van der Waals surface area contributed by atoms with Crippen LogP contribution in [0.25, 0.3) is 0 Å². The fourth-order valence-electron chi connectivity index (χ4n) is 1.95. The molecule has 0 saturated carbocycles.